The SMILES string of the molecule is Cc1c(NC[C@@H]2CCN(CC(F)(F)F)C2)cc(C#N)cc1[N+](=O)[O-]. The highest BCUT2D eigenvalue weighted by molar-refractivity contribution is 5.64. The molecule has 1 aromatic carbocycles. The van der Waals surface area contributed by atoms with Crippen LogP contribution in [0.2, 0.25) is 0 Å². The molecule has 1 N–H and O–H groups in total. The number of anilines is 1. The summed E-state index contributed by atoms with van der Waals surface area (Å²) in [5.41, 5.74) is 0.890. The molecule has 9 heteroatoms. The van der Waals surface area contributed by atoms with E-state index in [2.05, 4.69) is 5.32 Å². The average molecular weight is 342 g/mol. The van der Waals surface area contributed by atoms with Crippen molar-refractivity contribution in [2.45, 2.75) is 19.5 Å². The molecule has 0 amide bonds. The van der Waals surface area contributed by atoms with Crippen LogP contribution in [0.4, 0.5) is 24.5 Å². The van der Waals surface area contributed by atoms with Crippen LogP contribution in [0, 0.1) is 34.3 Å². The molecule has 1 aliphatic rings. The van der Waals surface area contributed by atoms with Crippen LogP contribution in [0.5, 0.6) is 0 Å². The first-order valence-corrected chi connectivity index (χ1v) is 7.41. The van der Waals surface area contributed by atoms with Crippen molar-refractivity contribution in [3.8, 4) is 6.07 Å². The Balaban J connectivity index is 2.01. The van der Waals surface area contributed by atoms with Crippen LogP contribution < -0.4 is 5.32 Å². The molecule has 6 nitrogen and oxygen atoms in total. The summed E-state index contributed by atoms with van der Waals surface area (Å²) in [6.07, 6.45) is -3.58. The van der Waals surface area contributed by atoms with E-state index in [0.29, 0.717) is 37.3 Å². The first-order chi connectivity index (χ1) is 11.2. The number of nitrogens with one attached hydrogen (secondary N) is 1. The van der Waals surface area contributed by atoms with Crippen LogP contribution in [0.1, 0.15) is 17.5 Å². The van der Waals surface area contributed by atoms with Gasteiger partial charge in [-0.1, -0.05) is 0 Å². The second-order valence-corrected chi connectivity index (χ2v) is 5.92. The fourth-order valence-corrected chi connectivity index (χ4v) is 2.87. The molecule has 1 atom stereocenters. The topological polar surface area (TPSA) is 82.2 Å². The van der Waals surface area contributed by atoms with E-state index in [1.54, 1.807) is 6.92 Å². The van der Waals surface area contributed by atoms with Crippen molar-refractivity contribution in [1.82, 2.24) is 4.90 Å². The molecule has 2 rings (SSSR count). The molecular weight excluding hydrogens is 325 g/mol. The Morgan fingerprint density at radius 2 is 2.21 bits per heavy atom. The maximum atomic E-state index is 12.4. The Labute approximate surface area is 137 Å². The van der Waals surface area contributed by atoms with Gasteiger partial charge in [0.15, 0.2) is 0 Å². The maximum Gasteiger partial charge on any atom is 0.401 e. The van der Waals surface area contributed by atoms with E-state index in [4.69, 9.17) is 5.26 Å². The molecule has 1 heterocycles. The molecule has 130 valence electrons. The second-order valence-electron chi connectivity index (χ2n) is 5.92. The number of halogens is 3. The molecule has 1 aromatic rings. The number of hydrogen-bond donors (Lipinski definition) is 1. The Kier molecular flexibility index (Phi) is 5.29. The van der Waals surface area contributed by atoms with Gasteiger partial charge in [0, 0.05) is 30.4 Å². The summed E-state index contributed by atoms with van der Waals surface area (Å²) < 4.78 is 37.2. The first kappa shape index (κ1) is 18.0. The van der Waals surface area contributed by atoms with E-state index in [1.807, 2.05) is 6.07 Å². The lowest BCUT2D eigenvalue weighted by atomic mass is 10.1. The molecule has 1 fully saturated rings. The normalized spacial score (nSPS) is 18.4. The average Bonchev–Trinajstić information content (AvgIpc) is 2.91. The van der Waals surface area contributed by atoms with E-state index in [-0.39, 0.29) is 17.2 Å². The monoisotopic (exact) mass is 342 g/mol. The minimum atomic E-state index is -4.21. The summed E-state index contributed by atoms with van der Waals surface area (Å²) in [5, 5.41) is 23.0. The highest BCUT2D eigenvalue weighted by atomic mass is 19.4. The summed E-state index contributed by atoms with van der Waals surface area (Å²) in [7, 11) is 0. The second kappa shape index (κ2) is 7.05. The van der Waals surface area contributed by atoms with Crippen LogP contribution in [-0.4, -0.2) is 42.2 Å². The van der Waals surface area contributed by atoms with Crippen molar-refractivity contribution in [1.29, 1.82) is 5.26 Å². The third kappa shape index (κ3) is 4.58. The molecule has 24 heavy (non-hydrogen) atoms. The predicted molar refractivity (Wildman–Crippen MR) is 81.6 cm³/mol. The minimum absolute atomic E-state index is 0.0246. The van der Waals surface area contributed by atoms with Crippen molar-refractivity contribution >= 4 is 11.4 Å². The van der Waals surface area contributed by atoms with Gasteiger partial charge in [-0.15, -0.1) is 0 Å². The minimum Gasteiger partial charge on any atom is -0.384 e. The van der Waals surface area contributed by atoms with Gasteiger partial charge in [0.1, 0.15) is 0 Å². The van der Waals surface area contributed by atoms with Gasteiger partial charge >= 0.3 is 6.18 Å². The quantitative estimate of drug-likeness (QED) is 0.657. The lowest BCUT2D eigenvalue weighted by Crippen LogP contribution is -2.33. The highest BCUT2D eigenvalue weighted by Gasteiger charge is 2.34. The standard InChI is InChI=1S/C15H17F3N4O2/c1-10-13(4-12(6-19)5-14(10)22(23)24)20-7-11-2-3-21(8-11)9-15(16,17)18/h4-5,11,20H,2-3,7-9H2,1H3/t11-/m0/s1. The summed E-state index contributed by atoms with van der Waals surface area (Å²) in [6.45, 7) is 1.76. The van der Waals surface area contributed by atoms with Crippen LogP contribution in [-0.2, 0) is 0 Å². The number of nitro benzene ring substituents is 1. The number of likely N-dealkylation sites (tertiary alicyclic amines) is 1. The Morgan fingerprint density at radius 3 is 2.79 bits per heavy atom. The number of rotatable bonds is 5. The van der Waals surface area contributed by atoms with Gasteiger partial charge in [0.2, 0.25) is 0 Å². The van der Waals surface area contributed by atoms with Crippen molar-refractivity contribution < 1.29 is 18.1 Å². The number of nitro groups is 1. The third-order valence-electron chi connectivity index (χ3n) is 4.06. The molecule has 1 saturated heterocycles. The van der Waals surface area contributed by atoms with Crippen LogP contribution in [0.25, 0.3) is 0 Å². The van der Waals surface area contributed by atoms with E-state index < -0.39 is 17.6 Å². The Hall–Kier alpha value is -2.34. The Bertz CT molecular complexity index is 670. The summed E-state index contributed by atoms with van der Waals surface area (Å²) in [4.78, 5) is 11.8. The maximum absolute atomic E-state index is 12.4. The Morgan fingerprint density at radius 1 is 1.50 bits per heavy atom. The van der Waals surface area contributed by atoms with Gasteiger partial charge < -0.3 is 5.32 Å². The lowest BCUT2D eigenvalue weighted by molar-refractivity contribution is -0.385. The zero-order valence-corrected chi connectivity index (χ0v) is 13.1. The fourth-order valence-electron chi connectivity index (χ4n) is 2.87. The van der Waals surface area contributed by atoms with E-state index in [0.717, 1.165) is 0 Å². The summed E-state index contributed by atoms with van der Waals surface area (Å²) in [6, 6.07) is 4.60. The van der Waals surface area contributed by atoms with E-state index in [9.17, 15) is 23.3 Å². The molecular formula is C15H17F3N4O2. The molecule has 0 saturated carbocycles. The molecule has 0 aromatic heterocycles. The van der Waals surface area contributed by atoms with E-state index >= 15 is 0 Å². The van der Waals surface area contributed by atoms with Crippen molar-refractivity contribution in [2.24, 2.45) is 5.92 Å². The molecule has 1 aliphatic heterocycles. The number of nitriles is 1. The first-order valence-electron chi connectivity index (χ1n) is 7.41. The zero-order valence-electron chi connectivity index (χ0n) is 13.1. The summed E-state index contributed by atoms with van der Waals surface area (Å²) >= 11 is 0. The van der Waals surface area contributed by atoms with Crippen LogP contribution >= 0.6 is 0 Å². The van der Waals surface area contributed by atoms with Gasteiger partial charge in [-0.05, 0) is 31.9 Å². The number of hydrogen-bond acceptors (Lipinski definition) is 5. The molecule has 0 radical (unpaired) electrons. The van der Waals surface area contributed by atoms with Crippen LogP contribution in [0.15, 0.2) is 12.1 Å². The molecule has 0 spiro atoms. The zero-order chi connectivity index (χ0) is 17.9. The smallest absolute Gasteiger partial charge is 0.384 e. The van der Waals surface area contributed by atoms with Gasteiger partial charge in [-0.2, -0.15) is 18.4 Å². The number of alkyl halides is 3. The van der Waals surface area contributed by atoms with Gasteiger partial charge in [0.25, 0.3) is 5.69 Å². The lowest BCUT2D eigenvalue weighted by Gasteiger charge is -2.18. The van der Waals surface area contributed by atoms with E-state index in [1.165, 1.54) is 17.0 Å². The predicted octanol–water partition coefficient (Wildman–Crippen LogP) is 3.07. The van der Waals surface area contributed by atoms with Crippen molar-refractivity contribution in [2.75, 3.05) is 31.5 Å². The molecule has 0 bridgehead atoms. The van der Waals surface area contributed by atoms with Gasteiger partial charge in [0.05, 0.1) is 23.1 Å². The summed E-state index contributed by atoms with van der Waals surface area (Å²) in [5.74, 6) is 0.0246. The van der Waals surface area contributed by atoms with Gasteiger partial charge in [-0.3, -0.25) is 15.0 Å². The highest BCUT2D eigenvalue weighted by Crippen LogP contribution is 2.29. The van der Waals surface area contributed by atoms with Crippen molar-refractivity contribution in [3.05, 3.63) is 33.4 Å². The largest absolute Gasteiger partial charge is 0.401 e. The van der Waals surface area contributed by atoms with Gasteiger partial charge in [-0.25, -0.2) is 0 Å². The number of nitrogens with zero attached hydrogens (tertiary/aromatic N) is 3. The third-order valence-corrected chi connectivity index (χ3v) is 4.06. The number of benzene rings is 1. The van der Waals surface area contributed by atoms with Crippen molar-refractivity contribution in [3.63, 3.8) is 0 Å². The molecule has 0 aliphatic carbocycles. The van der Waals surface area contributed by atoms with Crippen LogP contribution in [0.3, 0.4) is 0 Å². The molecule has 0 unspecified atom stereocenters. The fraction of sp³-hybridized carbons (Fsp3) is 0.533.